The maximum atomic E-state index is 13.0. The number of aromatic nitrogens is 2. The molecule has 88 valence electrons. The number of halogens is 1. The Morgan fingerprint density at radius 2 is 2.18 bits per heavy atom. The summed E-state index contributed by atoms with van der Waals surface area (Å²) in [7, 11) is 0. The lowest BCUT2D eigenvalue weighted by Gasteiger charge is -2.07. The van der Waals surface area contributed by atoms with Crippen LogP contribution in [0.5, 0.6) is 5.75 Å². The van der Waals surface area contributed by atoms with Crippen molar-refractivity contribution in [3.8, 4) is 11.4 Å². The van der Waals surface area contributed by atoms with Gasteiger partial charge >= 0.3 is 0 Å². The van der Waals surface area contributed by atoms with Crippen LogP contribution in [0.3, 0.4) is 0 Å². The van der Waals surface area contributed by atoms with Gasteiger partial charge in [-0.05, 0) is 18.2 Å². The third-order valence-electron chi connectivity index (χ3n) is 2.23. The van der Waals surface area contributed by atoms with Crippen LogP contribution in [0, 0.1) is 5.82 Å². The minimum absolute atomic E-state index is 0.0125. The summed E-state index contributed by atoms with van der Waals surface area (Å²) in [6.45, 7) is -0.0125. The summed E-state index contributed by atoms with van der Waals surface area (Å²) >= 11 is 0. The molecular weight excluding hydrogens is 225 g/mol. The second kappa shape index (κ2) is 4.34. The van der Waals surface area contributed by atoms with Gasteiger partial charge in [0.05, 0.1) is 5.69 Å². The minimum Gasteiger partial charge on any atom is -0.506 e. The zero-order valence-corrected chi connectivity index (χ0v) is 8.80. The van der Waals surface area contributed by atoms with Crippen LogP contribution in [0.15, 0.2) is 35.1 Å². The number of aromatic hydroxyl groups is 1. The van der Waals surface area contributed by atoms with Crippen molar-refractivity contribution in [1.82, 2.24) is 9.78 Å². The monoisotopic (exact) mass is 235 g/mol. The highest BCUT2D eigenvalue weighted by Gasteiger charge is 2.08. The van der Waals surface area contributed by atoms with Gasteiger partial charge in [-0.25, -0.2) is 4.39 Å². The third-order valence-corrected chi connectivity index (χ3v) is 2.23. The first-order valence-corrected chi connectivity index (χ1v) is 4.90. The van der Waals surface area contributed by atoms with E-state index in [-0.39, 0.29) is 23.7 Å². The highest BCUT2D eigenvalue weighted by Crippen LogP contribution is 2.12. The molecule has 17 heavy (non-hydrogen) atoms. The van der Waals surface area contributed by atoms with Crippen LogP contribution in [0.1, 0.15) is 5.69 Å². The molecule has 0 amide bonds. The molecule has 0 atom stereocenters. The predicted molar refractivity (Wildman–Crippen MR) is 59.3 cm³/mol. The molecule has 0 fully saturated rings. The summed E-state index contributed by atoms with van der Waals surface area (Å²) in [5, 5.41) is 13.3. The van der Waals surface area contributed by atoms with Crippen molar-refractivity contribution in [3.63, 3.8) is 0 Å². The molecule has 1 aromatic heterocycles. The average Bonchev–Trinajstić information content (AvgIpc) is 2.29. The SMILES string of the molecule is NCc1nn(-c2cccc(F)c2)c(=O)cc1O. The molecule has 0 saturated heterocycles. The summed E-state index contributed by atoms with van der Waals surface area (Å²) in [4.78, 5) is 11.6. The van der Waals surface area contributed by atoms with E-state index in [1.54, 1.807) is 0 Å². The van der Waals surface area contributed by atoms with Crippen molar-refractivity contribution in [3.05, 3.63) is 52.2 Å². The summed E-state index contributed by atoms with van der Waals surface area (Å²) in [5.74, 6) is -0.733. The van der Waals surface area contributed by atoms with Crippen LogP contribution < -0.4 is 11.3 Å². The highest BCUT2D eigenvalue weighted by atomic mass is 19.1. The first-order valence-electron chi connectivity index (χ1n) is 4.90. The van der Waals surface area contributed by atoms with Crippen molar-refractivity contribution in [2.75, 3.05) is 0 Å². The molecule has 0 spiro atoms. The minimum atomic E-state index is -0.551. The zero-order valence-electron chi connectivity index (χ0n) is 8.80. The Kier molecular flexibility index (Phi) is 2.88. The van der Waals surface area contributed by atoms with Crippen molar-refractivity contribution in [2.45, 2.75) is 6.54 Å². The number of hydrogen-bond donors (Lipinski definition) is 2. The smallest absolute Gasteiger partial charge is 0.275 e. The van der Waals surface area contributed by atoms with E-state index in [1.165, 1.54) is 24.3 Å². The molecule has 0 saturated carbocycles. The molecule has 2 rings (SSSR count). The van der Waals surface area contributed by atoms with Gasteiger partial charge in [-0.3, -0.25) is 4.79 Å². The van der Waals surface area contributed by atoms with Gasteiger partial charge in [-0.2, -0.15) is 9.78 Å². The number of hydrogen-bond acceptors (Lipinski definition) is 4. The third kappa shape index (κ3) is 2.16. The molecule has 0 radical (unpaired) electrons. The van der Waals surface area contributed by atoms with Crippen molar-refractivity contribution >= 4 is 0 Å². The van der Waals surface area contributed by atoms with Crippen molar-refractivity contribution < 1.29 is 9.50 Å². The maximum absolute atomic E-state index is 13.0. The number of nitrogens with two attached hydrogens (primary N) is 1. The van der Waals surface area contributed by atoms with Gasteiger partial charge in [-0.1, -0.05) is 6.07 Å². The molecule has 1 aromatic carbocycles. The zero-order chi connectivity index (χ0) is 12.4. The number of nitrogens with zero attached hydrogens (tertiary/aromatic N) is 2. The van der Waals surface area contributed by atoms with Gasteiger partial charge in [0.1, 0.15) is 17.3 Å². The largest absolute Gasteiger partial charge is 0.506 e. The van der Waals surface area contributed by atoms with Crippen molar-refractivity contribution in [1.29, 1.82) is 0 Å². The van der Waals surface area contributed by atoms with Gasteiger partial charge in [0, 0.05) is 12.6 Å². The molecule has 0 aliphatic heterocycles. The lowest BCUT2D eigenvalue weighted by molar-refractivity contribution is 0.457. The van der Waals surface area contributed by atoms with Gasteiger partial charge in [-0.15, -0.1) is 0 Å². The van der Waals surface area contributed by atoms with E-state index >= 15 is 0 Å². The molecular formula is C11H10FN3O2. The molecule has 0 aliphatic carbocycles. The Balaban J connectivity index is 2.63. The van der Waals surface area contributed by atoms with E-state index in [9.17, 15) is 14.3 Å². The molecule has 6 heteroatoms. The van der Waals surface area contributed by atoms with E-state index in [2.05, 4.69) is 5.10 Å². The van der Waals surface area contributed by atoms with Crippen LogP contribution in [-0.4, -0.2) is 14.9 Å². The molecule has 1 heterocycles. The molecule has 3 N–H and O–H groups in total. The fourth-order valence-electron chi connectivity index (χ4n) is 1.42. The Labute approximate surface area is 95.9 Å². The number of rotatable bonds is 2. The van der Waals surface area contributed by atoms with E-state index < -0.39 is 11.4 Å². The molecule has 0 unspecified atom stereocenters. The van der Waals surface area contributed by atoms with Gasteiger partial charge < -0.3 is 10.8 Å². The highest BCUT2D eigenvalue weighted by molar-refractivity contribution is 5.33. The summed E-state index contributed by atoms with van der Waals surface area (Å²) in [6, 6.07) is 6.44. The van der Waals surface area contributed by atoms with Gasteiger partial charge in [0.2, 0.25) is 0 Å². The summed E-state index contributed by atoms with van der Waals surface area (Å²) < 4.78 is 14.0. The van der Waals surface area contributed by atoms with E-state index in [1.807, 2.05) is 0 Å². The summed E-state index contributed by atoms with van der Waals surface area (Å²) in [6.07, 6.45) is 0. The second-order valence-corrected chi connectivity index (χ2v) is 3.41. The average molecular weight is 235 g/mol. The topological polar surface area (TPSA) is 81.1 Å². The lowest BCUT2D eigenvalue weighted by Crippen LogP contribution is -2.22. The number of benzene rings is 1. The Bertz CT molecular complexity index is 610. The van der Waals surface area contributed by atoms with Gasteiger partial charge in [0.25, 0.3) is 5.56 Å². The predicted octanol–water partition coefficient (Wildman–Crippen LogP) is 0.536. The van der Waals surface area contributed by atoms with E-state index in [0.29, 0.717) is 0 Å². The molecule has 5 nitrogen and oxygen atoms in total. The first-order chi connectivity index (χ1) is 8.11. The van der Waals surface area contributed by atoms with Crippen LogP contribution >= 0.6 is 0 Å². The fourth-order valence-corrected chi connectivity index (χ4v) is 1.42. The Hall–Kier alpha value is -2.21. The van der Waals surface area contributed by atoms with Crippen LogP contribution in [0.25, 0.3) is 5.69 Å². The van der Waals surface area contributed by atoms with Crippen LogP contribution in [0.2, 0.25) is 0 Å². The first kappa shape index (κ1) is 11.3. The van der Waals surface area contributed by atoms with Crippen molar-refractivity contribution in [2.24, 2.45) is 5.73 Å². The Morgan fingerprint density at radius 1 is 1.41 bits per heavy atom. The molecule has 0 aliphatic rings. The van der Waals surface area contributed by atoms with E-state index in [0.717, 1.165) is 10.7 Å². The normalized spacial score (nSPS) is 10.5. The fraction of sp³-hybridized carbons (Fsp3) is 0.0909. The van der Waals surface area contributed by atoms with Gasteiger partial charge in [0.15, 0.2) is 0 Å². The lowest BCUT2D eigenvalue weighted by atomic mass is 10.3. The van der Waals surface area contributed by atoms with E-state index in [4.69, 9.17) is 5.73 Å². The standard InChI is InChI=1S/C11H10FN3O2/c12-7-2-1-3-8(4-7)15-11(17)5-10(16)9(6-13)14-15/h1-5,16H,6,13H2. The second-order valence-electron chi connectivity index (χ2n) is 3.41. The van der Waals surface area contributed by atoms with Crippen LogP contribution in [0.4, 0.5) is 4.39 Å². The Morgan fingerprint density at radius 3 is 2.82 bits per heavy atom. The molecule has 0 bridgehead atoms. The maximum Gasteiger partial charge on any atom is 0.275 e. The van der Waals surface area contributed by atoms with Crippen LogP contribution in [-0.2, 0) is 6.54 Å². The summed E-state index contributed by atoms with van der Waals surface area (Å²) in [5.41, 5.74) is 5.27. The quantitative estimate of drug-likeness (QED) is 0.795. The molecule has 2 aromatic rings.